The van der Waals surface area contributed by atoms with E-state index < -0.39 is 0 Å². The molecule has 0 amide bonds. The van der Waals surface area contributed by atoms with Crippen molar-refractivity contribution in [2.75, 3.05) is 0 Å². The zero-order valence-corrected chi connectivity index (χ0v) is 6.07. The van der Waals surface area contributed by atoms with Crippen molar-refractivity contribution in [2.45, 2.75) is 0 Å². The minimum Gasteiger partial charge on any atom is -0.185 e. The molecule has 0 bridgehead atoms. The predicted octanol–water partition coefficient (Wildman–Crippen LogP) is 1.70. The summed E-state index contributed by atoms with van der Waals surface area (Å²) in [6.07, 6.45) is 0. The summed E-state index contributed by atoms with van der Waals surface area (Å²) in [4.78, 5) is 0. The van der Waals surface area contributed by atoms with Crippen molar-refractivity contribution in [3.05, 3.63) is 0 Å². The normalized spacial score (nSPS) is 6.75. The third kappa shape index (κ3) is 3.94. The van der Waals surface area contributed by atoms with Crippen LogP contribution >= 0.6 is 35.7 Å². The van der Waals surface area contributed by atoms with Crippen LogP contribution in [0.1, 0.15) is 0 Å². The van der Waals surface area contributed by atoms with Gasteiger partial charge >= 0.3 is 0 Å². The lowest BCUT2D eigenvalue weighted by atomic mass is 11.8. The van der Waals surface area contributed by atoms with Crippen LogP contribution in [-0.2, 0) is 0 Å². The molecular weight excluding hydrogens is 160 g/mol. The summed E-state index contributed by atoms with van der Waals surface area (Å²) >= 11 is 6.20. The number of hydrogen-bond acceptors (Lipinski definition) is 5. The summed E-state index contributed by atoms with van der Waals surface area (Å²) in [7, 11) is 0. The van der Waals surface area contributed by atoms with Gasteiger partial charge in [0, 0.05) is 23.5 Å². The van der Waals surface area contributed by atoms with Crippen molar-refractivity contribution in [1.29, 1.82) is 10.5 Å². The maximum Gasteiger partial charge on any atom is 0.140 e. The molecule has 8 heavy (non-hydrogen) atoms. The van der Waals surface area contributed by atoms with E-state index in [4.69, 9.17) is 10.5 Å². The van der Waals surface area contributed by atoms with Gasteiger partial charge in [-0.2, -0.15) is 10.5 Å². The van der Waals surface area contributed by atoms with Crippen molar-refractivity contribution in [2.24, 2.45) is 0 Å². The number of nitrogens with zero attached hydrogens (tertiary/aromatic N) is 2. The number of thioether (sulfide) groups is 2. The van der Waals surface area contributed by atoms with Gasteiger partial charge in [-0.1, -0.05) is 12.2 Å². The van der Waals surface area contributed by atoms with Gasteiger partial charge in [-0.15, -0.1) is 0 Å². The average molecular weight is 160 g/mol. The van der Waals surface area contributed by atoms with E-state index in [0.29, 0.717) is 3.53 Å². The summed E-state index contributed by atoms with van der Waals surface area (Å²) in [5, 5.41) is 19.4. The minimum absolute atomic E-state index is 0.356. The van der Waals surface area contributed by atoms with Gasteiger partial charge in [-0.25, -0.2) is 0 Å². The highest BCUT2D eigenvalue weighted by molar-refractivity contribution is 8.50. The predicted molar refractivity (Wildman–Crippen MR) is 39.0 cm³/mol. The Kier molecular flexibility index (Phi) is 4.78. The van der Waals surface area contributed by atoms with Crippen molar-refractivity contribution in [3.63, 3.8) is 0 Å². The fourth-order valence-corrected chi connectivity index (χ4v) is 0.858. The molecule has 0 aromatic rings. The molecule has 0 rings (SSSR count). The van der Waals surface area contributed by atoms with Gasteiger partial charge in [-0.05, 0) is 0 Å². The van der Waals surface area contributed by atoms with Crippen molar-refractivity contribution in [1.82, 2.24) is 0 Å². The van der Waals surface area contributed by atoms with Gasteiger partial charge in [0.25, 0.3) is 0 Å². The van der Waals surface area contributed by atoms with E-state index in [1.54, 1.807) is 10.8 Å². The first-order valence-corrected chi connectivity index (χ1v) is 3.51. The van der Waals surface area contributed by atoms with E-state index in [2.05, 4.69) is 12.2 Å². The fourth-order valence-electron chi connectivity index (χ4n) is 0.0954. The summed E-state index contributed by atoms with van der Waals surface area (Å²) in [5.41, 5.74) is 0. The van der Waals surface area contributed by atoms with E-state index in [9.17, 15) is 0 Å². The molecule has 0 saturated carbocycles. The number of thiocyanates is 2. The number of rotatable bonds is 0. The van der Waals surface area contributed by atoms with Crippen LogP contribution in [0.5, 0.6) is 0 Å². The summed E-state index contributed by atoms with van der Waals surface area (Å²) in [5.74, 6) is 0. The first-order valence-electron chi connectivity index (χ1n) is 1.47. The zero-order chi connectivity index (χ0) is 6.41. The second kappa shape index (κ2) is 4.92. The molecule has 0 heterocycles. The van der Waals surface area contributed by atoms with E-state index in [1.165, 1.54) is 0 Å². The number of hydrogen-bond donors (Lipinski definition) is 0. The summed E-state index contributed by atoms with van der Waals surface area (Å²) in [6, 6.07) is 0. The molecule has 0 aliphatic rings. The van der Waals surface area contributed by atoms with E-state index in [0.717, 1.165) is 23.5 Å². The second-order valence-electron chi connectivity index (χ2n) is 0.637. The molecule has 2 nitrogen and oxygen atoms in total. The first kappa shape index (κ1) is 7.77. The highest BCUT2D eigenvalue weighted by atomic mass is 32.2. The Hall–Kier alpha value is -0.230. The van der Waals surface area contributed by atoms with Crippen molar-refractivity contribution >= 4 is 39.3 Å². The van der Waals surface area contributed by atoms with Crippen LogP contribution in [0.3, 0.4) is 0 Å². The van der Waals surface area contributed by atoms with E-state index in [-0.39, 0.29) is 0 Å². The Bertz CT molecular complexity index is 144. The van der Waals surface area contributed by atoms with Gasteiger partial charge in [0.05, 0.1) is 0 Å². The van der Waals surface area contributed by atoms with Crippen LogP contribution in [0, 0.1) is 21.3 Å². The molecule has 0 aliphatic heterocycles. The van der Waals surface area contributed by atoms with Crippen molar-refractivity contribution in [3.8, 4) is 10.8 Å². The third-order valence-electron chi connectivity index (χ3n) is 0.258. The van der Waals surface area contributed by atoms with Crippen LogP contribution in [0.4, 0.5) is 0 Å². The molecule has 5 heteroatoms. The monoisotopic (exact) mass is 160 g/mol. The van der Waals surface area contributed by atoms with Crippen LogP contribution in [0.2, 0.25) is 0 Å². The first-order chi connectivity index (χ1) is 3.81. The molecule has 0 saturated heterocycles. The van der Waals surface area contributed by atoms with Gasteiger partial charge in [0.15, 0.2) is 0 Å². The Balaban J connectivity index is 3.41. The molecule has 0 spiro atoms. The Morgan fingerprint density at radius 1 is 1.25 bits per heavy atom. The largest absolute Gasteiger partial charge is 0.185 e. The van der Waals surface area contributed by atoms with Crippen LogP contribution in [0.15, 0.2) is 0 Å². The lowest BCUT2D eigenvalue weighted by Gasteiger charge is -1.79. The Morgan fingerprint density at radius 2 is 1.62 bits per heavy atom. The topological polar surface area (TPSA) is 47.6 Å². The number of nitriles is 2. The molecule has 0 aromatic heterocycles. The molecule has 0 radical (unpaired) electrons. The maximum atomic E-state index is 7.97. The molecule has 0 fully saturated rings. The molecule has 0 atom stereocenters. The van der Waals surface area contributed by atoms with Crippen LogP contribution < -0.4 is 0 Å². The highest BCUT2D eigenvalue weighted by Gasteiger charge is 1.93. The lowest BCUT2D eigenvalue weighted by molar-refractivity contribution is 1.57. The van der Waals surface area contributed by atoms with E-state index >= 15 is 0 Å². The molecule has 0 N–H and O–H groups in total. The molecule has 0 aromatic carbocycles. The highest BCUT2D eigenvalue weighted by Crippen LogP contribution is 2.13. The molecule has 40 valence electrons. The van der Waals surface area contributed by atoms with Crippen LogP contribution in [-0.4, -0.2) is 3.53 Å². The Morgan fingerprint density at radius 3 is 1.88 bits per heavy atom. The minimum atomic E-state index is 0.356. The molecule has 0 aliphatic carbocycles. The standard InChI is InChI=1S/C3N2S3/c4-1-7-3(6)8-2-5. The molecular formula is C3N2S3. The zero-order valence-electron chi connectivity index (χ0n) is 3.62. The Labute approximate surface area is 60.9 Å². The number of thiocarbonyl (C=S) groups is 1. The second-order valence-corrected chi connectivity index (χ2v) is 3.41. The van der Waals surface area contributed by atoms with Crippen molar-refractivity contribution < 1.29 is 0 Å². The quantitative estimate of drug-likeness (QED) is 0.398. The lowest BCUT2D eigenvalue weighted by Crippen LogP contribution is -1.69. The van der Waals surface area contributed by atoms with E-state index in [1.807, 2.05) is 0 Å². The van der Waals surface area contributed by atoms with Gasteiger partial charge in [0.2, 0.25) is 0 Å². The van der Waals surface area contributed by atoms with Gasteiger partial charge < -0.3 is 0 Å². The smallest absolute Gasteiger partial charge is 0.140 e. The maximum absolute atomic E-state index is 7.97. The average Bonchev–Trinajstić information content (AvgIpc) is 1.68. The summed E-state index contributed by atoms with van der Waals surface area (Å²) < 4.78 is 0.356. The third-order valence-corrected chi connectivity index (χ3v) is 1.77. The summed E-state index contributed by atoms with van der Waals surface area (Å²) in [6.45, 7) is 0. The fraction of sp³-hybridized carbons (Fsp3) is 0. The van der Waals surface area contributed by atoms with Gasteiger partial charge in [0.1, 0.15) is 14.3 Å². The molecule has 0 unspecified atom stereocenters. The van der Waals surface area contributed by atoms with Gasteiger partial charge in [-0.3, -0.25) is 0 Å². The SMILES string of the molecule is N#CSC(=S)SC#N. The van der Waals surface area contributed by atoms with Crippen LogP contribution in [0.25, 0.3) is 0 Å².